The third-order valence-electron chi connectivity index (χ3n) is 5.99. The molecule has 0 radical (unpaired) electrons. The van der Waals surface area contributed by atoms with Crippen molar-refractivity contribution >= 4 is 25.7 Å². The number of hydrogen-bond donors (Lipinski definition) is 0. The van der Waals surface area contributed by atoms with E-state index in [9.17, 15) is 4.79 Å². The molecule has 33 heavy (non-hydrogen) atoms. The van der Waals surface area contributed by atoms with Gasteiger partial charge in [-0.25, -0.2) is 0 Å². The van der Waals surface area contributed by atoms with Crippen molar-refractivity contribution < 1.29 is 18.1 Å². The van der Waals surface area contributed by atoms with Gasteiger partial charge in [-0.3, -0.25) is 4.79 Å². The second-order valence-corrected chi connectivity index (χ2v) is 13.2. The third-order valence-corrected chi connectivity index (χ3v) is 10.7. The predicted octanol–water partition coefficient (Wildman–Crippen LogP) is 8.88. The van der Waals surface area contributed by atoms with E-state index in [2.05, 4.69) is 6.92 Å². The van der Waals surface area contributed by atoms with Crippen LogP contribution < -0.4 is 0 Å². The quantitative estimate of drug-likeness (QED) is 0.0869. The lowest BCUT2D eigenvalue weighted by Gasteiger charge is -2.27. The van der Waals surface area contributed by atoms with Gasteiger partial charge in [0.2, 0.25) is 0 Å². The highest BCUT2D eigenvalue weighted by molar-refractivity contribution is 8.14. The van der Waals surface area contributed by atoms with E-state index >= 15 is 0 Å². The fourth-order valence-corrected chi connectivity index (χ4v) is 8.35. The van der Waals surface area contributed by atoms with E-state index in [0.717, 1.165) is 12.8 Å². The monoisotopic (exact) mass is 504 g/mol. The summed E-state index contributed by atoms with van der Waals surface area (Å²) in [6, 6.07) is 0. The van der Waals surface area contributed by atoms with Crippen molar-refractivity contribution in [3.8, 4) is 0 Å². The van der Waals surface area contributed by atoms with Crippen molar-refractivity contribution in [2.24, 2.45) is 0 Å². The Morgan fingerprint density at radius 2 is 0.879 bits per heavy atom. The molecular weight excluding hydrogens is 448 g/mol. The van der Waals surface area contributed by atoms with Crippen molar-refractivity contribution in [1.82, 2.24) is 0 Å². The highest BCUT2D eigenvalue weighted by Crippen LogP contribution is 2.20. The van der Waals surface area contributed by atoms with Gasteiger partial charge in [0.1, 0.15) is 0 Å². The van der Waals surface area contributed by atoms with E-state index < -0.39 is 8.80 Å². The Morgan fingerprint density at radius 1 is 0.545 bits per heavy atom. The van der Waals surface area contributed by atoms with E-state index in [1.807, 2.05) is 20.8 Å². The molecule has 0 aromatic rings. The maximum absolute atomic E-state index is 12.3. The van der Waals surface area contributed by atoms with E-state index in [1.54, 1.807) is 0 Å². The summed E-state index contributed by atoms with van der Waals surface area (Å²) in [5.74, 6) is 0. The first-order valence-electron chi connectivity index (χ1n) is 14.2. The SMILES string of the molecule is CCCCCCCCCCCCCCCCCCCC(=O)SC[Si](OCC)(OCC)OCC. The first-order chi connectivity index (χ1) is 16.1. The van der Waals surface area contributed by atoms with Crippen molar-refractivity contribution in [2.75, 3.05) is 25.2 Å². The van der Waals surface area contributed by atoms with Crippen molar-refractivity contribution in [3.05, 3.63) is 0 Å². The molecule has 6 heteroatoms. The molecule has 0 fully saturated rings. The van der Waals surface area contributed by atoms with Crippen LogP contribution in [-0.2, 0) is 18.1 Å². The van der Waals surface area contributed by atoms with Crippen LogP contribution in [-0.4, -0.2) is 39.1 Å². The molecule has 0 aliphatic rings. The summed E-state index contributed by atoms with van der Waals surface area (Å²) >= 11 is 1.34. The van der Waals surface area contributed by atoms with Crippen molar-refractivity contribution in [2.45, 2.75) is 143 Å². The smallest absolute Gasteiger partial charge is 0.373 e. The number of carbonyl (C=O) groups is 1. The largest absolute Gasteiger partial charge is 0.511 e. The van der Waals surface area contributed by atoms with E-state index in [4.69, 9.17) is 13.3 Å². The number of hydrogen-bond acceptors (Lipinski definition) is 5. The first-order valence-corrected chi connectivity index (χ1v) is 17.1. The van der Waals surface area contributed by atoms with Gasteiger partial charge in [-0.05, 0) is 27.2 Å². The maximum atomic E-state index is 12.3. The summed E-state index contributed by atoms with van der Waals surface area (Å²) in [6.07, 6.45) is 23.8. The Morgan fingerprint density at radius 3 is 1.21 bits per heavy atom. The van der Waals surface area contributed by atoms with Gasteiger partial charge in [0.15, 0.2) is 5.12 Å². The summed E-state index contributed by atoms with van der Waals surface area (Å²) < 4.78 is 17.5. The topological polar surface area (TPSA) is 44.8 Å². The molecule has 0 heterocycles. The Kier molecular flexibility index (Phi) is 25.3. The van der Waals surface area contributed by atoms with Gasteiger partial charge in [0, 0.05) is 26.2 Å². The Bertz CT molecular complexity index is 406. The molecule has 0 aliphatic heterocycles. The van der Waals surface area contributed by atoms with Gasteiger partial charge in [-0.2, -0.15) is 0 Å². The van der Waals surface area contributed by atoms with Gasteiger partial charge in [0.05, 0.1) is 5.38 Å². The van der Waals surface area contributed by atoms with Crippen LogP contribution in [0, 0.1) is 0 Å². The van der Waals surface area contributed by atoms with Crippen LogP contribution in [0.3, 0.4) is 0 Å². The highest BCUT2D eigenvalue weighted by atomic mass is 32.2. The second-order valence-electron chi connectivity index (χ2n) is 9.05. The van der Waals surface area contributed by atoms with Gasteiger partial charge >= 0.3 is 8.80 Å². The first kappa shape index (κ1) is 33.1. The average molecular weight is 505 g/mol. The molecule has 0 saturated carbocycles. The van der Waals surface area contributed by atoms with Crippen LogP contribution in [0.25, 0.3) is 0 Å². The van der Waals surface area contributed by atoms with Crippen LogP contribution >= 0.6 is 11.8 Å². The maximum Gasteiger partial charge on any atom is 0.511 e. The molecule has 0 amide bonds. The lowest BCUT2D eigenvalue weighted by molar-refractivity contribution is -0.111. The zero-order valence-electron chi connectivity index (χ0n) is 22.6. The fourth-order valence-electron chi connectivity index (χ4n) is 4.15. The normalized spacial score (nSPS) is 11.9. The Labute approximate surface area is 212 Å². The Balaban J connectivity index is 3.52. The molecule has 0 aromatic heterocycles. The zero-order chi connectivity index (χ0) is 24.5. The molecule has 0 aromatic carbocycles. The van der Waals surface area contributed by atoms with E-state index in [0.29, 0.717) is 31.6 Å². The minimum Gasteiger partial charge on any atom is -0.373 e. The summed E-state index contributed by atoms with van der Waals surface area (Å²) in [4.78, 5) is 12.3. The standard InChI is InChI=1S/C27H56O4SSi/c1-5-9-10-11-12-13-14-15-16-17-18-19-20-21-22-23-24-25-27(28)32-26-33(29-6-2,30-7-3)31-8-4/h5-26H2,1-4H3. The third kappa shape index (κ3) is 21.1. The van der Waals surface area contributed by atoms with Gasteiger partial charge in [-0.15, -0.1) is 0 Å². The summed E-state index contributed by atoms with van der Waals surface area (Å²) in [5, 5.41) is 0.771. The van der Waals surface area contributed by atoms with Crippen LogP contribution in [0.15, 0.2) is 0 Å². The molecule has 4 nitrogen and oxygen atoms in total. The lowest BCUT2D eigenvalue weighted by Crippen LogP contribution is -2.49. The van der Waals surface area contributed by atoms with Gasteiger partial charge in [-0.1, -0.05) is 121 Å². The summed E-state index contributed by atoms with van der Waals surface area (Å²) in [7, 11) is -2.71. The molecule has 0 atom stereocenters. The zero-order valence-corrected chi connectivity index (χ0v) is 24.4. The van der Waals surface area contributed by atoms with Gasteiger partial charge in [0.25, 0.3) is 0 Å². The fraction of sp³-hybridized carbons (Fsp3) is 0.963. The number of rotatable bonds is 26. The molecule has 0 bridgehead atoms. The summed E-state index contributed by atoms with van der Waals surface area (Å²) in [5.41, 5.74) is 0. The Hall–Kier alpha value is 0.117. The molecular formula is C27H56O4SSi. The van der Waals surface area contributed by atoms with E-state index in [1.165, 1.54) is 108 Å². The highest BCUT2D eigenvalue weighted by Gasteiger charge is 2.41. The molecule has 0 N–H and O–H groups in total. The number of thioether (sulfide) groups is 1. The second kappa shape index (κ2) is 25.2. The predicted molar refractivity (Wildman–Crippen MR) is 147 cm³/mol. The summed E-state index contributed by atoms with van der Waals surface area (Å²) in [6.45, 7) is 9.80. The molecule has 0 spiro atoms. The minimum atomic E-state index is -2.71. The van der Waals surface area contributed by atoms with Crippen LogP contribution in [0.4, 0.5) is 0 Å². The lowest BCUT2D eigenvalue weighted by atomic mass is 10.0. The van der Waals surface area contributed by atoms with Crippen molar-refractivity contribution in [3.63, 3.8) is 0 Å². The molecule has 0 unspecified atom stereocenters. The molecule has 0 aliphatic carbocycles. The van der Waals surface area contributed by atoms with Gasteiger partial charge < -0.3 is 13.3 Å². The minimum absolute atomic E-state index is 0.243. The number of unbranched alkanes of at least 4 members (excludes halogenated alkanes) is 16. The molecule has 0 rings (SSSR count). The van der Waals surface area contributed by atoms with Crippen LogP contribution in [0.2, 0.25) is 0 Å². The van der Waals surface area contributed by atoms with Crippen LogP contribution in [0.5, 0.6) is 0 Å². The molecule has 198 valence electrons. The van der Waals surface area contributed by atoms with Crippen LogP contribution in [0.1, 0.15) is 143 Å². The molecule has 0 saturated heterocycles. The number of carbonyl (C=O) groups excluding carboxylic acids is 1. The van der Waals surface area contributed by atoms with E-state index in [-0.39, 0.29) is 5.12 Å². The van der Waals surface area contributed by atoms with Crippen molar-refractivity contribution in [1.29, 1.82) is 0 Å². The average Bonchev–Trinajstić information content (AvgIpc) is 2.80.